The zero-order chi connectivity index (χ0) is 35.0. The van der Waals surface area contributed by atoms with Gasteiger partial charge in [0.1, 0.15) is 0 Å². The molecule has 4 aromatic rings. The van der Waals surface area contributed by atoms with Crippen LogP contribution in [0, 0.1) is 0 Å². The minimum absolute atomic E-state index is 0. The summed E-state index contributed by atoms with van der Waals surface area (Å²) in [7, 11) is 0. The van der Waals surface area contributed by atoms with E-state index in [1.165, 1.54) is 45.7 Å². The molecule has 0 atom stereocenters. The molecule has 0 amide bonds. The Bertz CT molecular complexity index is 2100. The Balaban J connectivity index is 0.00000281. The molecule has 4 aromatic carbocycles. The summed E-state index contributed by atoms with van der Waals surface area (Å²) in [6, 6.07) is 18.4. The first-order chi connectivity index (χ1) is 22.3. The molecular weight excluding hydrogens is 769 g/mol. The molecule has 2 aliphatic rings. The van der Waals surface area contributed by atoms with E-state index in [1.807, 2.05) is 12.1 Å². The number of fused-ring (bicyclic) bond motifs is 3. The van der Waals surface area contributed by atoms with Crippen LogP contribution in [0.5, 0.6) is 0 Å². The van der Waals surface area contributed by atoms with Crippen LogP contribution < -0.4 is 35.3 Å². The number of allylic oxidation sites excluding steroid dienone is 4. The van der Waals surface area contributed by atoms with Crippen LogP contribution in [0.4, 0.5) is 26.3 Å². The Labute approximate surface area is 316 Å². The van der Waals surface area contributed by atoms with Gasteiger partial charge in [0.05, 0.1) is 0 Å². The molecule has 0 fully saturated rings. The summed E-state index contributed by atoms with van der Waals surface area (Å²) in [4.78, 5) is 0. The average molecular weight is 804 g/mol. The third-order valence-corrected chi connectivity index (χ3v) is 10.4. The van der Waals surface area contributed by atoms with Gasteiger partial charge in [-0.2, -0.15) is 0 Å². The summed E-state index contributed by atoms with van der Waals surface area (Å²) in [6.45, 7) is 12.7. The SMILES string of the molecule is CC(C)(C)c1ccc2c(c1)[C]([Zr+2])=c1c-2cc(=C(c2cccc(C(F)(F)F)c2)c2cccc(C(F)(F)F)c2)c(C(C)(C)C)c1C1=CC=CC1.[Cl-].[Cl-]. The predicted octanol–water partition coefficient (Wildman–Crippen LogP) is 4.60. The molecule has 0 unspecified atom stereocenters. The molecule has 0 nitrogen and oxygen atoms in total. The van der Waals surface area contributed by atoms with Crippen molar-refractivity contribution in [1.29, 1.82) is 0 Å². The van der Waals surface area contributed by atoms with E-state index >= 15 is 0 Å². The van der Waals surface area contributed by atoms with Gasteiger partial charge < -0.3 is 24.8 Å². The molecule has 0 heterocycles. The second-order valence-electron chi connectivity index (χ2n) is 14.6. The van der Waals surface area contributed by atoms with Gasteiger partial charge in [-0.15, -0.1) is 0 Å². The zero-order valence-electron chi connectivity index (χ0n) is 28.4. The van der Waals surface area contributed by atoms with E-state index in [9.17, 15) is 26.3 Å². The van der Waals surface area contributed by atoms with Crippen molar-refractivity contribution in [2.24, 2.45) is 0 Å². The Hall–Kier alpha value is -2.86. The van der Waals surface area contributed by atoms with E-state index in [2.05, 4.69) is 71.9 Å². The first-order valence-electron chi connectivity index (χ1n) is 15.8. The molecule has 0 aromatic heterocycles. The maximum atomic E-state index is 14.1. The molecule has 0 saturated carbocycles. The van der Waals surface area contributed by atoms with Crippen LogP contribution in [0.25, 0.3) is 25.6 Å². The van der Waals surface area contributed by atoms with Gasteiger partial charge in [0.15, 0.2) is 0 Å². The van der Waals surface area contributed by atoms with Crippen molar-refractivity contribution >= 4 is 14.4 Å². The third kappa shape index (κ3) is 7.38. The molecule has 0 aliphatic heterocycles. The second kappa shape index (κ2) is 13.9. The minimum Gasteiger partial charge on any atom is -1.00 e. The van der Waals surface area contributed by atoms with Gasteiger partial charge >= 0.3 is 294 Å². The third-order valence-electron chi connectivity index (χ3n) is 9.09. The maximum Gasteiger partial charge on any atom is -1.00 e. The van der Waals surface area contributed by atoms with Crippen LogP contribution in [0.3, 0.4) is 0 Å². The fourth-order valence-corrected chi connectivity index (χ4v) is 8.00. The van der Waals surface area contributed by atoms with Gasteiger partial charge in [-0.25, -0.2) is 0 Å². The molecule has 0 N–H and O–H groups in total. The van der Waals surface area contributed by atoms with Gasteiger partial charge in [0, 0.05) is 0 Å². The molecule has 9 heteroatoms. The minimum atomic E-state index is -4.63. The van der Waals surface area contributed by atoms with Crippen molar-refractivity contribution in [3.05, 3.63) is 146 Å². The topological polar surface area (TPSA) is 0 Å². The van der Waals surface area contributed by atoms with E-state index in [4.69, 9.17) is 0 Å². The molecule has 2 aliphatic carbocycles. The number of rotatable bonds is 3. The summed E-state index contributed by atoms with van der Waals surface area (Å²) in [5, 5.41) is 1.73. The second-order valence-corrected chi connectivity index (χ2v) is 15.8. The number of alkyl halides is 6. The number of halogens is 8. The van der Waals surface area contributed by atoms with Gasteiger partial charge in [0.25, 0.3) is 0 Å². The quantitative estimate of drug-likeness (QED) is 0.266. The molecule has 50 heavy (non-hydrogen) atoms. The fourth-order valence-electron chi connectivity index (χ4n) is 6.85. The Morgan fingerprint density at radius 3 is 1.64 bits per heavy atom. The van der Waals surface area contributed by atoms with Gasteiger partial charge in [-0.05, 0) is 0 Å². The zero-order valence-corrected chi connectivity index (χ0v) is 32.4. The molecule has 0 bridgehead atoms. The monoisotopic (exact) mass is 801 g/mol. The van der Waals surface area contributed by atoms with Gasteiger partial charge in [-0.1, -0.05) is 0 Å². The van der Waals surface area contributed by atoms with Crippen LogP contribution in [0.15, 0.2) is 91.0 Å². The summed E-state index contributed by atoms with van der Waals surface area (Å²) in [5.74, 6) is 0. The van der Waals surface area contributed by atoms with Crippen molar-refractivity contribution in [2.45, 2.75) is 71.1 Å². The van der Waals surface area contributed by atoms with E-state index < -0.39 is 28.9 Å². The molecular formula is C41H35Cl2F6Zr. The van der Waals surface area contributed by atoms with Crippen LogP contribution in [0.1, 0.15) is 92.5 Å². The predicted molar refractivity (Wildman–Crippen MR) is 177 cm³/mol. The van der Waals surface area contributed by atoms with E-state index in [-0.39, 0.29) is 41.4 Å². The van der Waals surface area contributed by atoms with Crippen molar-refractivity contribution in [3.63, 3.8) is 0 Å². The van der Waals surface area contributed by atoms with Crippen molar-refractivity contribution in [2.75, 3.05) is 0 Å². The first kappa shape index (κ1) is 39.9. The fraction of sp³-hybridized carbons (Fsp3) is 0.268. The van der Waals surface area contributed by atoms with Crippen molar-refractivity contribution in [3.8, 4) is 11.1 Å². The van der Waals surface area contributed by atoms with Crippen LogP contribution in [-0.4, -0.2) is 0 Å². The first-order valence-corrected chi connectivity index (χ1v) is 17.0. The van der Waals surface area contributed by atoms with E-state index in [1.54, 1.807) is 12.1 Å². The molecule has 0 spiro atoms. The average Bonchev–Trinajstić information content (AvgIpc) is 3.62. The largest absolute Gasteiger partial charge is 1.00 e. The normalized spacial score (nSPS) is 14.1. The Morgan fingerprint density at radius 2 is 1.18 bits per heavy atom. The van der Waals surface area contributed by atoms with Crippen molar-refractivity contribution < 1.29 is 75.9 Å². The maximum absolute atomic E-state index is 14.1. The summed E-state index contributed by atoms with van der Waals surface area (Å²) >= 11 is 1.22. The molecule has 0 radical (unpaired) electrons. The number of benzene rings is 4. The summed E-state index contributed by atoms with van der Waals surface area (Å²) in [5.41, 5.74) is 5.64. The summed E-state index contributed by atoms with van der Waals surface area (Å²) in [6.07, 6.45) is -2.43. The smallest absolute Gasteiger partial charge is 1.00 e. The number of hydrogen-bond donors (Lipinski definition) is 0. The number of hydrogen-bond acceptors (Lipinski definition) is 0. The van der Waals surface area contributed by atoms with Crippen LogP contribution >= 0.6 is 0 Å². The summed E-state index contributed by atoms with van der Waals surface area (Å²) < 4.78 is 85.9. The van der Waals surface area contributed by atoms with Crippen LogP contribution in [0.2, 0.25) is 0 Å². The van der Waals surface area contributed by atoms with Gasteiger partial charge in [-0.3, -0.25) is 0 Å². The van der Waals surface area contributed by atoms with E-state index in [0.29, 0.717) is 17.2 Å². The van der Waals surface area contributed by atoms with Gasteiger partial charge in [0.2, 0.25) is 0 Å². The van der Waals surface area contributed by atoms with Crippen LogP contribution in [-0.2, 0) is 47.9 Å². The van der Waals surface area contributed by atoms with Crippen molar-refractivity contribution in [1.82, 2.24) is 0 Å². The standard InChI is InChI=1S/C41H35F6.2ClH.Zr/c1-38(2,3)28-17-18-31-27(21-28)22-33-32(31)23-34(37(39(4,5)6)36(33)24-11-7-8-12-24)35(25-13-9-15-29(19-25)40(42,43)44)26-14-10-16-30(20-26)41(45,46)47;;;/h7-11,13-21,23H,12H2,1-6H3;2*1H;/q;;;+2/p-2. The van der Waals surface area contributed by atoms with E-state index in [0.717, 1.165) is 62.9 Å². The molecule has 259 valence electrons. The molecule has 6 rings (SSSR count). The Morgan fingerprint density at radius 1 is 0.620 bits per heavy atom. The molecule has 0 saturated heterocycles. The Kier molecular flexibility index (Phi) is 11.1.